The lowest BCUT2D eigenvalue weighted by Gasteiger charge is -2.26. The van der Waals surface area contributed by atoms with Crippen LogP contribution in [0.2, 0.25) is 0 Å². The third-order valence-corrected chi connectivity index (χ3v) is 7.09. The summed E-state index contributed by atoms with van der Waals surface area (Å²) in [6.45, 7) is -1.73. The molecule has 3 aliphatic rings. The van der Waals surface area contributed by atoms with Crippen LogP contribution in [0.5, 0.6) is 0 Å². The van der Waals surface area contributed by atoms with Gasteiger partial charge in [0.2, 0.25) is 5.91 Å². The van der Waals surface area contributed by atoms with E-state index in [1.807, 2.05) is 0 Å². The number of carbonyl (C=O) groups is 2. The van der Waals surface area contributed by atoms with Crippen LogP contribution in [0.3, 0.4) is 0 Å². The second-order valence-corrected chi connectivity index (χ2v) is 10.5. The summed E-state index contributed by atoms with van der Waals surface area (Å²) in [7, 11) is 0. The molecule has 3 rings (SSSR count). The Morgan fingerprint density at radius 1 is 1.26 bits per heavy atom. The van der Waals surface area contributed by atoms with Crippen molar-refractivity contribution in [1.29, 1.82) is 0 Å². The van der Waals surface area contributed by atoms with Crippen molar-refractivity contribution in [1.82, 2.24) is 10.6 Å². The highest BCUT2D eigenvalue weighted by Gasteiger charge is 2.65. The molecular formula is C23H22Cl3F5N2O2. The largest absolute Gasteiger partial charge is 0.346 e. The van der Waals surface area contributed by atoms with E-state index in [0.717, 1.165) is 6.08 Å². The highest BCUT2D eigenvalue weighted by atomic mass is 35.5. The molecule has 5 unspecified atom stereocenters. The lowest BCUT2D eigenvalue weighted by Crippen LogP contribution is -2.47. The molecule has 0 spiro atoms. The van der Waals surface area contributed by atoms with E-state index in [2.05, 4.69) is 5.32 Å². The first kappa shape index (κ1) is 27.7. The number of hydrogen-bond acceptors (Lipinski definition) is 2. The van der Waals surface area contributed by atoms with Crippen LogP contribution in [-0.2, 0) is 9.59 Å². The predicted molar refractivity (Wildman–Crippen MR) is 125 cm³/mol. The van der Waals surface area contributed by atoms with Crippen molar-refractivity contribution in [3.63, 3.8) is 0 Å². The molecule has 0 heterocycles. The summed E-state index contributed by atoms with van der Waals surface area (Å²) in [6, 6.07) is -1.34. The Hall–Kier alpha value is -1.84. The molecule has 4 nitrogen and oxygen atoms in total. The number of allylic oxidation sites excluding steroid dienone is 8. The number of carbonyl (C=O) groups excluding carboxylic acids is 2. The molecule has 3 aliphatic carbocycles. The highest BCUT2D eigenvalue weighted by Crippen LogP contribution is 2.60. The van der Waals surface area contributed by atoms with E-state index in [4.69, 9.17) is 34.8 Å². The molecular weight excluding hydrogens is 538 g/mol. The van der Waals surface area contributed by atoms with Gasteiger partial charge in [-0.2, -0.15) is 0 Å². The summed E-state index contributed by atoms with van der Waals surface area (Å²) in [5.74, 6) is -7.53. The molecule has 2 amide bonds. The van der Waals surface area contributed by atoms with Gasteiger partial charge in [-0.3, -0.25) is 9.59 Å². The van der Waals surface area contributed by atoms with Gasteiger partial charge in [-0.25, -0.2) is 22.0 Å². The lowest BCUT2D eigenvalue weighted by atomic mass is 9.96. The molecule has 2 N–H and O–H groups in total. The van der Waals surface area contributed by atoms with E-state index < -0.39 is 76.7 Å². The average molecular weight is 560 g/mol. The molecule has 0 aromatic heterocycles. The highest BCUT2D eigenvalue weighted by molar-refractivity contribution is 6.34. The first-order valence-electron chi connectivity index (χ1n) is 10.6. The minimum atomic E-state index is -3.82. The monoisotopic (exact) mass is 558 g/mol. The van der Waals surface area contributed by atoms with Crippen molar-refractivity contribution in [2.45, 2.75) is 41.7 Å². The summed E-state index contributed by atoms with van der Waals surface area (Å²) in [5, 5.41) is 3.30. The predicted octanol–water partition coefficient (Wildman–Crippen LogP) is 5.18. The maximum atomic E-state index is 15.1. The molecule has 0 radical (unpaired) electrons. The number of rotatable bonds is 7. The maximum absolute atomic E-state index is 15.1. The van der Waals surface area contributed by atoms with Crippen LogP contribution < -0.4 is 10.6 Å². The Kier molecular flexibility index (Phi) is 8.44. The molecule has 6 atom stereocenters. The van der Waals surface area contributed by atoms with Crippen LogP contribution in [0, 0.1) is 11.8 Å². The van der Waals surface area contributed by atoms with E-state index in [1.54, 1.807) is 18.3 Å². The van der Waals surface area contributed by atoms with Gasteiger partial charge in [-0.1, -0.05) is 29.8 Å². The van der Waals surface area contributed by atoms with Gasteiger partial charge in [0, 0.05) is 5.92 Å². The molecule has 0 aliphatic heterocycles. The zero-order valence-electron chi connectivity index (χ0n) is 18.3. The normalized spacial score (nSPS) is 32.9. The molecule has 192 valence electrons. The summed E-state index contributed by atoms with van der Waals surface area (Å²) < 4.78 is 67.5. The van der Waals surface area contributed by atoms with Gasteiger partial charge in [0.15, 0.2) is 12.8 Å². The van der Waals surface area contributed by atoms with Gasteiger partial charge < -0.3 is 10.6 Å². The Morgan fingerprint density at radius 3 is 2.60 bits per heavy atom. The first-order valence-corrected chi connectivity index (χ1v) is 11.8. The van der Waals surface area contributed by atoms with Crippen LogP contribution in [0.25, 0.3) is 0 Å². The second kappa shape index (κ2) is 10.6. The number of nitrogens with one attached hydrogen (secondary N) is 2. The van der Waals surface area contributed by atoms with Crippen molar-refractivity contribution < 1.29 is 31.5 Å². The molecule has 1 saturated carbocycles. The number of amides is 2. The SMILES string of the molecule is CC1(Cl)C(C(=O)NC2C=CC(Cl)=C(C(=O)NCC(F)(F)CF)C2F)[C@@H]1C1=CCC(Cl)C=C(F)C=C1. The van der Waals surface area contributed by atoms with Crippen molar-refractivity contribution in [3.8, 4) is 0 Å². The molecule has 35 heavy (non-hydrogen) atoms. The summed E-state index contributed by atoms with van der Waals surface area (Å²) in [6.07, 6.45) is 6.25. The van der Waals surface area contributed by atoms with Gasteiger partial charge in [-0.05, 0) is 37.1 Å². The fourth-order valence-electron chi connectivity index (χ4n) is 4.08. The minimum absolute atomic E-state index is 0.313. The fraction of sp³-hybridized carbons (Fsp3) is 0.478. The van der Waals surface area contributed by atoms with E-state index in [9.17, 15) is 27.2 Å². The van der Waals surface area contributed by atoms with Crippen LogP contribution >= 0.6 is 34.8 Å². The Balaban J connectivity index is 1.69. The average Bonchev–Trinajstić information content (AvgIpc) is 3.34. The van der Waals surface area contributed by atoms with Crippen molar-refractivity contribution in [3.05, 3.63) is 58.5 Å². The minimum Gasteiger partial charge on any atom is -0.346 e. The van der Waals surface area contributed by atoms with E-state index in [-0.39, 0.29) is 5.03 Å². The van der Waals surface area contributed by atoms with E-state index in [1.165, 1.54) is 24.3 Å². The number of halogens is 8. The third kappa shape index (κ3) is 6.30. The molecule has 12 heteroatoms. The van der Waals surface area contributed by atoms with E-state index in [0.29, 0.717) is 12.0 Å². The second-order valence-electron chi connectivity index (χ2n) is 8.68. The standard InChI is InChI=1S/C23H22Cl3F5N2O2/c1-22(26)17(11-2-4-12(24)8-13(28)5-3-11)18(22)21(35)33-15-7-6-14(25)16(19(15)29)20(34)32-10-23(30,31)9-27/h2-3,5-8,12,15,17-19H,4,9-10H2,1H3,(H,32,34)(H,33,35)/t12?,15?,17-,18?,19?,22?/m0/s1. The maximum Gasteiger partial charge on any atom is 0.292 e. The molecule has 1 fully saturated rings. The Bertz CT molecular complexity index is 1040. The molecule has 0 aromatic rings. The van der Waals surface area contributed by atoms with Gasteiger partial charge in [0.25, 0.3) is 11.8 Å². The zero-order chi connectivity index (χ0) is 26.1. The number of hydrogen-bond donors (Lipinski definition) is 2. The van der Waals surface area contributed by atoms with Crippen LogP contribution in [0.4, 0.5) is 22.0 Å². The van der Waals surface area contributed by atoms with Gasteiger partial charge in [0.05, 0.1) is 39.4 Å². The smallest absolute Gasteiger partial charge is 0.292 e. The van der Waals surface area contributed by atoms with E-state index >= 15 is 4.39 Å². The van der Waals surface area contributed by atoms with Crippen LogP contribution in [0.15, 0.2) is 58.5 Å². The summed E-state index contributed by atoms with van der Waals surface area (Å²) >= 11 is 18.5. The quantitative estimate of drug-likeness (QED) is 0.334. The third-order valence-electron chi connectivity index (χ3n) is 5.99. The molecule has 0 aromatic carbocycles. The topological polar surface area (TPSA) is 58.2 Å². The molecule has 0 bridgehead atoms. The summed E-state index contributed by atoms with van der Waals surface area (Å²) in [5.41, 5.74) is -0.0690. The Labute approximate surface area is 213 Å². The fourth-order valence-corrected chi connectivity index (χ4v) is 4.96. The lowest BCUT2D eigenvalue weighted by molar-refractivity contribution is -0.124. The van der Waals surface area contributed by atoms with Crippen molar-refractivity contribution in [2.24, 2.45) is 11.8 Å². The van der Waals surface area contributed by atoms with Crippen LogP contribution in [-0.4, -0.2) is 53.4 Å². The van der Waals surface area contributed by atoms with Gasteiger partial charge >= 0.3 is 0 Å². The molecule has 0 saturated heterocycles. The van der Waals surface area contributed by atoms with Crippen molar-refractivity contribution in [2.75, 3.05) is 13.2 Å². The zero-order valence-corrected chi connectivity index (χ0v) is 20.6. The van der Waals surface area contributed by atoms with Crippen LogP contribution in [0.1, 0.15) is 13.3 Å². The number of alkyl halides is 6. The van der Waals surface area contributed by atoms with Gasteiger partial charge in [-0.15, -0.1) is 23.2 Å². The first-order chi connectivity index (χ1) is 16.3. The van der Waals surface area contributed by atoms with Crippen molar-refractivity contribution >= 4 is 46.6 Å². The Morgan fingerprint density at radius 2 is 1.94 bits per heavy atom. The summed E-state index contributed by atoms with van der Waals surface area (Å²) in [4.78, 5) is 24.2. The van der Waals surface area contributed by atoms with Gasteiger partial charge in [0.1, 0.15) is 5.83 Å².